The first kappa shape index (κ1) is 15.0. The number of anilines is 1. The molecule has 1 aliphatic heterocycles. The summed E-state index contributed by atoms with van der Waals surface area (Å²) < 4.78 is 26.4. The number of benzene rings is 1. The van der Waals surface area contributed by atoms with Crippen molar-refractivity contribution in [3.63, 3.8) is 0 Å². The monoisotopic (exact) mass is 316 g/mol. The molecule has 0 aliphatic carbocycles. The van der Waals surface area contributed by atoms with E-state index in [1.54, 1.807) is 16.7 Å². The maximum atomic E-state index is 12.4. The molecule has 2 aromatic rings. The summed E-state index contributed by atoms with van der Waals surface area (Å²) in [6.07, 6.45) is 5.91. The quantitative estimate of drug-likeness (QED) is 0.851. The van der Waals surface area contributed by atoms with Gasteiger partial charge in [-0.05, 0) is 53.8 Å². The van der Waals surface area contributed by atoms with E-state index in [-0.39, 0.29) is 5.75 Å². The summed E-state index contributed by atoms with van der Waals surface area (Å²) in [5.74, 6) is 0.231. The predicted octanol–water partition coefficient (Wildman–Crippen LogP) is 3.24. The lowest BCUT2D eigenvalue weighted by molar-refractivity contribution is 0.589. The average Bonchev–Trinajstić information content (AvgIpc) is 2.98. The molecule has 0 saturated carbocycles. The number of sulfonamides is 1. The van der Waals surface area contributed by atoms with Crippen molar-refractivity contribution in [2.75, 3.05) is 16.6 Å². The molecule has 0 fully saturated rings. The molecule has 0 amide bonds. The van der Waals surface area contributed by atoms with Crippen LogP contribution in [-0.2, 0) is 16.4 Å². The number of aromatic nitrogens is 1. The third kappa shape index (κ3) is 2.86. The molecule has 0 atom stereocenters. The second-order valence-electron chi connectivity index (χ2n) is 5.57. The van der Waals surface area contributed by atoms with Crippen molar-refractivity contribution in [1.29, 1.82) is 0 Å². The first-order chi connectivity index (χ1) is 10.6. The summed E-state index contributed by atoms with van der Waals surface area (Å²) in [5, 5.41) is 0. The van der Waals surface area contributed by atoms with E-state index in [1.807, 2.05) is 31.2 Å². The van der Waals surface area contributed by atoms with Gasteiger partial charge in [0, 0.05) is 18.9 Å². The van der Waals surface area contributed by atoms with Gasteiger partial charge in [0.2, 0.25) is 10.0 Å². The molecule has 116 valence electrons. The van der Waals surface area contributed by atoms with Crippen LogP contribution in [0.1, 0.15) is 25.3 Å². The molecular formula is C17H20N2O2S. The molecular weight excluding hydrogens is 296 g/mol. The van der Waals surface area contributed by atoms with Crippen molar-refractivity contribution in [2.24, 2.45) is 0 Å². The molecule has 0 saturated heterocycles. The van der Waals surface area contributed by atoms with E-state index in [0.717, 1.165) is 35.2 Å². The maximum Gasteiger partial charge on any atom is 0.235 e. The highest BCUT2D eigenvalue weighted by Gasteiger charge is 2.28. The van der Waals surface area contributed by atoms with E-state index in [2.05, 4.69) is 11.1 Å². The second kappa shape index (κ2) is 6.08. The van der Waals surface area contributed by atoms with Crippen LogP contribution < -0.4 is 4.31 Å². The van der Waals surface area contributed by atoms with Crippen molar-refractivity contribution in [3.05, 3.63) is 48.3 Å². The number of nitrogens with zero attached hydrogens (tertiary/aromatic N) is 2. The summed E-state index contributed by atoms with van der Waals surface area (Å²) in [6.45, 7) is 2.57. The molecule has 2 heterocycles. The molecule has 0 radical (unpaired) electrons. The van der Waals surface area contributed by atoms with E-state index in [9.17, 15) is 8.42 Å². The molecule has 5 heteroatoms. The van der Waals surface area contributed by atoms with Crippen LogP contribution in [0.25, 0.3) is 11.1 Å². The van der Waals surface area contributed by atoms with Crippen LogP contribution in [0.2, 0.25) is 0 Å². The summed E-state index contributed by atoms with van der Waals surface area (Å²) in [4.78, 5) is 4.03. The number of hydrogen-bond donors (Lipinski definition) is 0. The summed E-state index contributed by atoms with van der Waals surface area (Å²) >= 11 is 0. The fraction of sp³-hybridized carbons (Fsp3) is 0.353. The van der Waals surface area contributed by atoms with Crippen molar-refractivity contribution >= 4 is 15.7 Å². The van der Waals surface area contributed by atoms with Gasteiger partial charge >= 0.3 is 0 Å². The summed E-state index contributed by atoms with van der Waals surface area (Å²) in [5.41, 5.74) is 4.15. The highest BCUT2D eigenvalue weighted by molar-refractivity contribution is 7.92. The zero-order chi connectivity index (χ0) is 15.6. The standard InChI is InChI=1S/C17H20N2O2S/c1-2-3-12-22(20,21)19-11-8-16-13-15(4-5-17(16)19)14-6-9-18-10-7-14/h4-7,9-10,13H,2-3,8,11-12H2,1H3. The molecule has 0 spiro atoms. The summed E-state index contributed by atoms with van der Waals surface area (Å²) in [7, 11) is -3.19. The van der Waals surface area contributed by atoms with E-state index in [0.29, 0.717) is 13.0 Å². The van der Waals surface area contributed by atoms with Crippen molar-refractivity contribution in [1.82, 2.24) is 4.98 Å². The van der Waals surface area contributed by atoms with Crippen LogP contribution in [0, 0.1) is 0 Å². The second-order valence-corrected chi connectivity index (χ2v) is 7.58. The van der Waals surface area contributed by atoms with Gasteiger partial charge in [0.25, 0.3) is 0 Å². The molecule has 1 aromatic heterocycles. The fourth-order valence-corrected chi connectivity index (χ4v) is 4.54. The SMILES string of the molecule is CCCCS(=O)(=O)N1CCc2cc(-c3ccncc3)ccc21. The van der Waals surface area contributed by atoms with Crippen LogP contribution >= 0.6 is 0 Å². The van der Waals surface area contributed by atoms with Gasteiger partial charge in [0.05, 0.1) is 11.4 Å². The average molecular weight is 316 g/mol. The van der Waals surface area contributed by atoms with E-state index >= 15 is 0 Å². The Morgan fingerprint density at radius 2 is 1.91 bits per heavy atom. The minimum atomic E-state index is -3.19. The molecule has 0 N–H and O–H groups in total. The smallest absolute Gasteiger partial charge is 0.235 e. The third-order valence-corrected chi connectivity index (χ3v) is 5.89. The Balaban J connectivity index is 1.91. The number of unbranched alkanes of at least 4 members (excludes halogenated alkanes) is 1. The Morgan fingerprint density at radius 3 is 2.64 bits per heavy atom. The zero-order valence-corrected chi connectivity index (χ0v) is 13.5. The van der Waals surface area contributed by atoms with Gasteiger partial charge in [0.15, 0.2) is 0 Å². The zero-order valence-electron chi connectivity index (χ0n) is 12.7. The molecule has 0 unspecified atom stereocenters. The lowest BCUT2D eigenvalue weighted by Crippen LogP contribution is -2.31. The first-order valence-electron chi connectivity index (χ1n) is 7.65. The maximum absolute atomic E-state index is 12.4. The Morgan fingerprint density at radius 1 is 1.14 bits per heavy atom. The number of fused-ring (bicyclic) bond motifs is 1. The van der Waals surface area contributed by atoms with Gasteiger partial charge in [-0.15, -0.1) is 0 Å². The summed E-state index contributed by atoms with van der Waals surface area (Å²) in [6, 6.07) is 9.95. The van der Waals surface area contributed by atoms with Crippen LogP contribution in [0.4, 0.5) is 5.69 Å². The Kier molecular flexibility index (Phi) is 4.16. The highest BCUT2D eigenvalue weighted by atomic mass is 32.2. The van der Waals surface area contributed by atoms with Gasteiger partial charge in [0.1, 0.15) is 0 Å². The van der Waals surface area contributed by atoms with Crippen LogP contribution in [-0.4, -0.2) is 25.7 Å². The predicted molar refractivity (Wildman–Crippen MR) is 89.4 cm³/mol. The largest absolute Gasteiger partial charge is 0.270 e. The first-order valence-corrected chi connectivity index (χ1v) is 9.26. The van der Waals surface area contributed by atoms with Crippen molar-refractivity contribution < 1.29 is 8.42 Å². The van der Waals surface area contributed by atoms with Gasteiger partial charge in [-0.25, -0.2) is 8.42 Å². The van der Waals surface area contributed by atoms with Crippen molar-refractivity contribution in [3.8, 4) is 11.1 Å². The number of rotatable bonds is 5. The van der Waals surface area contributed by atoms with E-state index in [1.165, 1.54) is 0 Å². The fourth-order valence-electron chi connectivity index (χ4n) is 2.82. The number of pyridine rings is 1. The molecule has 4 nitrogen and oxygen atoms in total. The van der Waals surface area contributed by atoms with Crippen molar-refractivity contribution in [2.45, 2.75) is 26.2 Å². The lowest BCUT2D eigenvalue weighted by Gasteiger charge is -2.19. The topological polar surface area (TPSA) is 50.3 Å². The van der Waals surface area contributed by atoms with Gasteiger partial charge in [-0.2, -0.15) is 0 Å². The Bertz CT molecular complexity index is 757. The van der Waals surface area contributed by atoms with Crippen LogP contribution in [0.3, 0.4) is 0 Å². The normalized spacial score (nSPS) is 14.1. The van der Waals surface area contributed by atoms with E-state index in [4.69, 9.17) is 0 Å². The number of hydrogen-bond acceptors (Lipinski definition) is 3. The van der Waals surface area contributed by atoms with Gasteiger partial charge in [-0.3, -0.25) is 9.29 Å². The minimum Gasteiger partial charge on any atom is -0.270 e. The minimum absolute atomic E-state index is 0.231. The highest BCUT2D eigenvalue weighted by Crippen LogP contribution is 2.34. The Labute approximate surface area is 131 Å². The molecule has 0 bridgehead atoms. The van der Waals surface area contributed by atoms with Crippen LogP contribution in [0.5, 0.6) is 0 Å². The molecule has 22 heavy (non-hydrogen) atoms. The molecule has 1 aromatic carbocycles. The molecule has 3 rings (SSSR count). The Hall–Kier alpha value is -1.88. The third-order valence-electron chi connectivity index (χ3n) is 4.04. The van der Waals surface area contributed by atoms with Gasteiger partial charge in [-0.1, -0.05) is 19.4 Å². The van der Waals surface area contributed by atoms with E-state index < -0.39 is 10.0 Å². The lowest BCUT2D eigenvalue weighted by atomic mass is 10.0. The van der Waals surface area contributed by atoms with Gasteiger partial charge < -0.3 is 0 Å². The van der Waals surface area contributed by atoms with Crippen LogP contribution in [0.15, 0.2) is 42.7 Å². The molecule has 1 aliphatic rings.